The lowest BCUT2D eigenvalue weighted by atomic mass is 9.81. The topological polar surface area (TPSA) is 46.1 Å². The van der Waals surface area contributed by atoms with E-state index in [0.29, 0.717) is 12.1 Å². The van der Waals surface area contributed by atoms with Crippen molar-refractivity contribution in [3.63, 3.8) is 0 Å². The highest BCUT2D eigenvalue weighted by molar-refractivity contribution is 8.45. The first kappa shape index (κ1) is 12.3. The highest BCUT2D eigenvalue weighted by Crippen LogP contribution is 3.02. The van der Waals surface area contributed by atoms with Gasteiger partial charge in [-0.3, -0.25) is 0 Å². The van der Waals surface area contributed by atoms with Crippen LogP contribution in [0.3, 0.4) is 0 Å². The van der Waals surface area contributed by atoms with E-state index in [9.17, 15) is 29.5 Å². The Hall–Kier alpha value is -0.795. The molecule has 1 rings (SSSR count). The fourth-order valence-corrected chi connectivity index (χ4v) is 1.53. The molecular formula is C6H6BF5O2S. The maximum atomic E-state index is 12.1. The molecule has 0 unspecified atom stereocenters. The Bertz CT molecular complexity index is 381. The van der Waals surface area contributed by atoms with Gasteiger partial charge in [-0.25, -0.2) is 0 Å². The van der Waals surface area contributed by atoms with Crippen molar-refractivity contribution in [2.75, 3.05) is 0 Å². The van der Waals surface area contributed by atoms with Gasteiger partial charge in [0.25, 0.3) is 0 Å². The zero-order valence-electron chi connectivity index (χ0n) is 9.00. The molecule has 1 aromatic rings. The summed E-state index contributed by atoms with van der Waals surface area (Å²) in [5.74, 6) is 0. The zero-order valence-corrected chi connectivity index (χ0v) is 7.82. The molecule has 86 valence electrons. The van der Waals surface area contributed by atoms with Crippen LogP contribution in [0.4, 0.5) is 19.4 Å². The minimum atomic E-state index is -9.69. The van der Waals surface area contributed by atoms with Gasteiger partial charge in [0.15, 0.2) is 0 Å². The van der Waals surface area contributed by atoms with Gasteiger partial charge in [-0.1, -0.05) is 38.7 Å². The lowest BCUT2D eigenvalue weighted by molar-refractivity contribution is -0.341. The number of hydrogen-bond donors (Lipinski definition) is 0. The first-order valence-electron chi connectivity index (χ1n) is 3.56. The van der Waals surface area contributed by atoms with Crippen molar-refractivity contribution in [3.05, 3.63) is 24.3 Å². The molecule has 0 fully saturated rings. The number of halogens is 5. The predicted molar refractivity (Wildman–Crippen MR) is 45.5 cm³/mol. The molecule has 0 bridgehead atoms. The third-order valence-electron chi connectivity index (χ3n) is 1.60. The number of hydrogen-bond acceptors (Lipinski definition) is 2. The van der Waals surface area contributed by atoms with Gasteiger partial charge in [0.1, 0.15) is 4.90 Å². The van der Waals surface area contributed by atoms with Crippen LogP contribution < -0.4 is 15.5 Å². The third-order valence-corrected chi connectivity index (χ3v) is 2.76. The minimum absolute atomic E-state index is 0. The molecule has 1 aromatic carbocycles. The van der Waals surface area contributed by atoms with E-state index < -0.39 is 27.7 Å². The van der Waals surface area contributed by atoms with E-state index in [-0.39, 0.29) is 15.0 Å². The van der Waals surface area contributed by atoms with E-state index in [4.69, 9.17) is 0 Å². The molecule has 2 nitrogen and oxygen atoms in total. The molecule has 0 saturated carbocycles. The molecule has 0 heterocycles. The molecule has 0 radical (unpaired) electrons. The van der Waals surface area contributed by atoms with Gasteiger partial charge in [0.05, 0.1) is 0 Å². The van der Waals surface area contributed by atoms with E-state index in [1.54, 1.807) is 0 Å². The van der Waals surface area contributed by atoms with Crippen molar-refractivity contribution in [2.45, 2.75) is 4.90 Å². The summed E-state index contributed by atoms with van der Waals surface area (Å²) in [6.07, 6.45) is 0. The molecule has 9 heteroatoms. The quantitative estimate of drug-likeness (QED) is 0.578. The lowest BCUT2D eigenvalue weighted by Gasteiger charge is -2.41. The van der Waals surface area contributed by atoms with Gasteiger partial charge < -0.3 is 10.0 Å². The van der Waals surface area contributed by atoms with E-state index in [1.807, 2.05) is 0 Å². The Morgan fingerprint density at radius 2 is 1.33 bits per heavy atom. The van der Waals surface area contributed by atoms with Crippen LogP contribution in [-0.4, -0.2) is 7.12 Å². The van der Waals surface area contributed by atoms with Crippen molar-refractivity contribution in [3.8, 4) is 0 Å². The summed E-state index contributed by atoms with van der Waals surface area (Å²) in [6, 6.07) is 0.995. The summed E-state index contributed by atoms with van der Waals surface area (Å²) in [5, 5.41) is 20.5. The van der Waals surface area contributed by atoms with Crippen LogP contribution in [0.2, 0.25) is 0 Å². The zero-order chi connectivity index (χ0) is 12.0. The Morgan fingerprint density at radius 3 is 1.60 bits per heavy atom. The normalized spacial score (nSPS) is 16.7. The molecule has 0 aliphatic carbocycles. The summed E-state index contributed by atoms with van der Waals surface area (Å²) in [6.45, 7) is 0. The largest absolute Gasteiger partial charge is 1.00 e. The van der Waals surface area contributed by atoms with Crippen LogP contribution in [0.25, 0.3) is 0 Å². The maximum Gasteiger partial charge on any atom is 1.00 e. The van der Waals surface area contributed by atoms with Crippen molar-refractivity contribution in [2.24, 2.45) is 0 Å². The molecule has 0 amide bonds. The fourth-order valence-electron chi connectivity index (χ4n) is 0.882. The molecule has 0 aliphatic heterocycles. The van der Waals surface area contributed by atoms with E-state index in [2.05, 4.69) is 0 Å². The molecule has 0 aromatic heterocycles. The Balaban J connectivity index is 0. The number of benzene rings is 1. The molecule has 0 atom stereocenters. The maximum absolute atomic E-state index is 12.1. The van der Waals surface area contributed by atoms with Crippen LogP contribution in [0.5, 0.6) is 0 Å². The average molecular weight is 248 g/mol. The van der Waals surface area contributed by atoms with Crippen LogP contribution in [-0.2, 0) is 0 Å². The Labute approximate surface area is 85.2 Å². The van der Waals surface area contributed by atoms with E-state index in [1.165, 1.54) is 0 Å². The second-order valence-corrected chi connectivity index (χ2v) is 5.28. The summed E-state index contributed by atoms with van der Waals surface area (Å²) < 4.78 is 60.6. The average Bonchev–Trinajstić information content (AvgIpc) is 2.00. The first-order valence-corrected chi connectivity index (χ1v) is 5.51. The third kappa shape index (κ3) is 3.08. The second kappa shape index (κ2) is 2.66. The van der Waals surface area contributed by atoms with Gasteiger partial charge >= 0.3 is 13.1 Å². The molecule has 0 aliphatic rings. The Morgan fingerprint density at radius 1 is 0.933 bits per heavy atom. The van der Waals surface area contributed by atoms with Crippen LogP contribution in [0.1, 0.15) is 2.85 Å². The summed E-state index contributed by atoms with van der Waals surface area (Å²) in [7, 11) is -12.2. The predicted octanol–water partition coefficient (Wildman–Crippen LogP) is 0.985. The SMILES string of the molecule is [H+].[H+].[O-]B([O-])c1ccc(S(F)(F)(F)(F)F)cc1. The summed E-state index contributed by atoms with van der Waals surface area (Å²) in [4.78, 5) is -2.11. The van der Waals surface area contributed by atoms with Crippen LogP contribution >= 0.6 is 10.2 Å². The monoisotopic (exact) mass is 248 g/mol. The molecule has 0 saturated heterocycles. The Kier molecular flexibility index (Phi) is 2.17. The van der Waals surface area contributed by atoms with Crippen molar-refractivity contribution >= 4 is 22.8 Å². The van der Waals surface area contributed by atoms with Crippen LogP contribution in [0, 0.1) is 0 Å². The molecule has 0 spiro atoms. The minimum Gasteiger partial charge on any atom is -0.889 e. The van der Waals surface area contributed by atoms with Gasteiger partial charge in [0.2, 0.25) is 0 Å². The van der Waals surface area contributed by atoms with Gasteiger partial charge in [-0.05, 0) is 12.1 Å². The highest BCUT2D eigenvalue weighted by atomic mass is 32.5. The van der Waals surface area contributed by atoms with Crippen molar-refractivity contribution in [1.82, 2.24) is 0 Å². The van der Waals surface area contributed by atoms with Crippen molar-refractivity contribution < 1.29 is 32.3 Å². The molecular weight excluding hydrogens is 242 g/mol. The highest BCUT2D eigenvalue weighted by Gasteiger charge is 2.65. The van der Waals surface area contributed by atoms with Crippen LogP contribution in [0.15, 0.2) is 29.2 Å². The standard InChI is InChI=1S/C6H4BF5O2S/c8-15(9,10,11,12)6-3-1-5(2-4-6)7(13)14/h1-4H/q-2/p+2. The smallest absolute Gasteiger partial charge is 0.889 e. The lowest BCUT2D eigenvalue weighted by Crippen LogP contribution is -2.55. The van der Waals surface area contributed by atoms with E-state index in [0.717, 1.165) is 0 Å². The van der Waals surface area contributed by atoms with Gasteiger partial charge in [-0.15, -0.1) is 5.46 Å². The van der Waals surface area contributed by atoms with Gasteiger partial charge in [-0.2, -0.15) is 0 Å². The van der Waals surface area contributed by atoms with Crippen molar-refractivity contribution in [1.29, 1.82) is 0 Å². The molecule has 0 N–H and O–H groups in total. The number of rotatable bonds is 2. The summed E-state index contributed by atoms with van der Waals surface area (Å²) >= 11 is 0. The summed E-state index contributed by atoms with van der Waals surface area (Å²) in [5.41, 5.74) is -0.513. The van der Waals surface area contributed by atoms with Gasteiger partial charge in [0, 0.05) is 0 Å². The molecule has 15 heavy (non-hydrogen) atoms. The van der Waals surface area contributed by atoms with E-state index >= 15 is 0 Å². The fraction of sp³-hybridized carbons (Fsp3) is 0. The second-order valence-electron chi connectivity index (χ2n) is 2.87. The first-order chi connectivity index (χ1) is 6.40.